The van der Waals surface area contributed by atoms with Crippen molar-refractivity contribution in [3.8, 4) is 5.75 Å². The van der Waals surface area contributed by atoms with Crippen LogP contribution >= 0.6 is 11.6 Å². The van der Waals surface area contributed by atoms with Gasteiger partial charge in [-0.2, -0.15) is 0 Å². The zero-order chi connectivity index (χ0) is 17.1. The summed E-state index contributed by atoms with van der Waals surface area (Å²) in [5.41, 5.74) is 0.907. The van der Waals surface area contributed by atoms with Gasteiger partial charge in [0.2, 0.25) is 0 Å². The zero-order valence-electron chi connectivity index (χ0n) is 12.8. The number of carbonyl (C=O) groups excluding carboxylic acids is 1. The topological polar surface area (TPSA) is 48.4 Å². The molecule has 0 atom stereocenters. The highest BCUT2D eigenvalue weighted by molar-refractivity contribution is 6.35. The fourth-order valence-corrected chi connectivity index (χ4v) is 2.50. The summed E-state index contributed by atoms with van der Waals surface area (Å²) in [5.74, 6) is -0.968. The molecule has 0 amide bonds. The SMILES string of the molecule is COC(=O)c1cc(Cl)c2cc(OCc3ccccc3)cc(F)c2n1. The van der Waals surface area contributed by atoms with Gasteiger partial charge in [0.15, 0.2) is 11.5 Å². The van der Waals surface area contributed by atoms with Crippen LogP contribution in [0.15, 0.2) is 48.5 Å². The van der Waals surface area contributed by atoms with Crippen LogP contribution in [0, 0.1) is 5.82 Å². The molecule has 24 heavy (non-hydrogen) atoms. The molecule has 0 saturated heterocycles. The van der Waals surface area contributed by atoms with Gasteiger partial charge in [-0.05, 0) is 17.7 Å². The molecule has 0 fully saturated rings. The minimum atomic E-state index is -0.678. The highest BCUT2D eigenvalue weighted by Gasteiger charge is 2.15. The molecule has 0 bridgehead atoms. The summed E-state index contributed by atoms with van der Waals surface area (Å²) in [5, 5.41) is 0.567. The van der Waals surface area contributed by atoms with E-state index in [0.717, 1.165) is 5.56 Å². The quantitative estimate of drug-likeness (QED) is 0.658. The van der Waals surface area contributed by atoms with Gasteiger partial charge < -0.3 is 9.47 Å². The average Bonchev–Trinajstić information content (AvgIpc) is 2.60. The lowest BCUT2D eigenvalue weighted by Gasteiger charge is -2.10. The van der Waals surface area contributed by atoms with Gasteiger partial charge in [0.25, 0.3) is 0 Å². The van der Waals surface area contributed by atoms with Crippen molar-refractivity contribution in [3.63, 3.8) is 0 Å². The molecule has 1 heterocycles. The molecule has 0 unspecified atom stereocenters. The highest BCUT2D eigenvalue weighted by atomic mass is 35.5. The fourth-order valence-electron chi connectivity index (χ4n) is 2.25. The van der Waals surface area contributed by atoms with Gasteiger partial charge in [0, 0.05) is 11.5 Å². The van der Waals surface area contributed by atoms with Crippen LogP contribution < -0.4 is 4.74 Å². The van der Waals surface area contributed by atoms with Crippen LogP contribution in [0.3, 0.4) is 0 Å². The van der Waals surface area contributed by atoms with E-state index in [9.17, 15) is 9.18 Å². The Balaban J connectivity index is 1.95. The van der Waals surface area contributed by atoms with Crippen molar-refractivity contribution in [2.24, 2.45) is 0 Å². The van der Waals surface area contributed by atoms with E-state index in [4.69, 9.17) is 16.3 Å². The molecule has 4 nitrogen and oxygen atoms in total. The number of hydrogen-bond donors (Lipinski definition) is 0. The zero-order valence-corrected chi connectivity index (χ0v) is 13.5. The first kappa shape index (κ1) is 16.2. The third-order valence-electron chi connectivity index (χ3n) is 3.43. The van der Waals surface area contributed by atoms with Crippen LogP contribution in [0.25, 0.3) is 10.9 Å². The summed E-state index contributed by atoms with van der Waals surface area (Å²) in [6.07, 6.45) is 0. The molecule has 122 valence electrons. The smallest absolute Gasteiger partial charge is 0.356 e. The summed E-state index contributed by atoms with van der Waals surface area (Å²) in [7, 11) is 1.22. The van der Waals surface area contributed by atoms with Crippen molar-refractivity contribution < 1.29 is 18.7 Å². The first-order valence-corrected chi connectivity index (χ1v) is 7.51. The molecule has 0 aliphatic carbocycles. The van der Waals surface area contributed by atoms with Gasteiger partial charge in [-0.3, -0.25) is 0 Å². The largest absolute Gasteiger partial charge is 0.489 e. The Morgan fingerprint density at radius 2 is 1.96 bits per heavy atom. The van der Waals surface area contributed by atoms with Gasteiger partial charge in [-0.1, -0.05) is 41.9 Å². The number of aromatic nitrogens is 1. The minimum Gasteiger partial charge on any atom is -0.489 e. The van der Waals surface area contributed by atoms with Crippen molar-refractivity contribution in [1.29, 1.82) is 0 Å². The predicted molar refractivity (Wildman–Crippen MR) is 88.8 cm³/mol. The second-order valence-corrected chi connectivity index (χ2v) is 5.46. The summed E-state index contributed by atoms with van der Waals surface area (Å²) in [6, 6.07) is 13.7. The van der Waals surface area contributed by atoms with Crippen molar-refractivity contribution in [3.05, 3.63) is 70.6 Å². The highest BCUT2D eigenvalue weighted by Crippen LogP contribution is 2.30. The Bertz CT molecular complexity index is 900. The second kappa shape index (κ2) is 6.84. The van der Waals surface area contributed by atoms with Gasteiger partial charge in [0.1, 0.15) is 17.9 Å². The number of halogens is 2. The average molecular weight is 346 g/mol. The van der Waals surface area contributed by atoms with Gasteiger partial charge in [0.05, 0.1) is 12.1 Å². The van der Waals surface area contributed by atoms with E-state index in [-0.39, 0.29) is 16.2 Å². The third kappa shape index (κ3) is 3.31. The van der Waals surface area contributed by atoms with Crippen LogP contribution in [0.5, 0.6) is 5.75 Å². The van der Waals surface area contributed by atoms with Crippen molar-refractivity contribution in [2.45, 2.75) is 6.61 Å². The number of carbonyl (C=O) groups is 1. The first-order chi connectivity index (χ1) is 11.6. The van der Waals surface area contributed by atoms with Gasteiger partial charge >= 0.3 is 5.97 Å². The Kier molecular flexibility index (Phi) is 4.62. The van der Waals surface area contributed by atoms with E-state index in [0.29, 0.717) is 17.7 Å². The molecule has 0 saturated carbocycles. The maximum Gasteiger partial charge on any atom is 0.356 e. The van der Waals surface area contributed by atoms with Crippen LogP contribution in [0.2, 0.25) is 5.02 Å². The lowest BCUT2D eigenvalue weighted by atomic mass is 10.1. The van der Waals surface area contributed by atoms with Crippen molar-refractivity contribution in [2.75, 3.05) is 7.11 Å². The van der Waals surface area contributed by atoms with Crippen LogP contribution in [0.1, 0.15) is 16.1 Å². The molecule has 3 aromatic rings. The Morgan fingerprint density at radius 3 is 2.67 bits per heavy atom. The van der Waals surface area contributed by atoms with Crippen LogP contribution in [-0.2, 0) is 11.3 Å². The van der Waals surface area contributed by atoms with Crippen molar-refractivity contribution >= 4 is 28.5 Å². The number of esters is 1. The molecular formula is C18H13ClFNO3. The molecule has 0 radical (unpaired) electrons. The number of nitrogens with zero attached hydrogens (tertiary/aromatic N) is 1. The monoisotopic (exact) mass is 345 g/mol. The second-order valence-electron chi connectivity index (χ2n) is 5.06. The van der Waals surface area contributed by atoms with E-state index in [1.807, 2.05) is 30.3 Å². The number of benzene rings is 2. The van der Waals surface area contributed by atoms with Crippen LogP contribution in [-0.4, -0.2) is 18.1 Å². The lowest BCUT2D eigenvalue weighted by Crippen LogP contribution is -2.05. The summed E-state index contributed by atoms with van der Waals surface area (Å²) < 4.78 is 24.5. The number of fused-ring (bicyclic) bond motifs is 1. The molecule has 1 aromatic heterocycles. The molecule has 2 aromatic carbocycles. The van der Waals surface area contributed by atoms with E-state index >= 15 is 0 Å². The maximum atomic E-state index is 14.3. The standard InChI is InChI=1S/C18H13ClFNO3/c1-23-18(22)16-9-14(19)13-7-12(8-15(20)17(13)21-16)24-10-11-5-3-2-4-6-11/h2-9H,10H2,1H3. The third-order valence-corrected chi connectivity index (χ3v) is 3.75. The number of methoxy groups -OCH3 is 1. The molecular weight excluding hydrogens is 333 g/mol. The summed E-state index contributed by atoms with van der Waals surface area (Å²) in [6.45, 7) is 0.303. The Hall–Kier alpha value is -2.66. The molecule has 3 rings (SSSR count). The van der Waals surface area contributed by atoms with Gasteiger partial charge in [-0.15, -0.1) is 0 Å². The lowest BCUT2D eigenvalue weighted by molar-refractivity contribution is 0.0594. The van der Waals surface area contributed by atoms with Gasteiger partial charge in [-0.25, -0.2) is 14.2 Å². The Morgan fingerprint density at radius 1 is 1.21 bits per heavy atom. The molecule has 6 heteroatoms. The van der Waals surface area contributed by atoms with E-state index in [1.165, 1.54) is 19.2 Å². The maximum absolute atomic E-state index is 14.3. The number of pyridine rings is 1. The molecule has 0 aliphatic rings. The number of rotatable bonds is 4. The van der Waals surface area contributed by atoms with E-state index in [2.05, 4.69) is 9.72 Å². The van der Waals surface area contributed by atoms with Crippen LogP contribution in [0.4, 0.5) is 4.39 Å². The molecule has 0 N–H and O–H groups in total. The Labute approximate surface area is 142 Å². The normalized spacial score (nSPS) is 10.6. The summed E-state index contributed by atoms with van der Waals surface area (Å²) >= 11 is 6.15. The molecule has 0 spiro atoms. The van der Waals surface area contributed by atoms with Crippen molar-refractivity contribution in [1.82, 2.24) is 4.98 Å². The number of ether oxygens (including phenoxy) is 2. The fraction of sp³-hybridized carbons (Fsp3) is 0.111. The molecule has 0 aliphatic heterocycles. The predicted octanol–water partition coefficient (Wildman–Crippen LogP) is 4.39. The van der Waals surface area contributed by atoms with E-state index in [1.54, 1.807) is 6.07 Å². The first-order valence-electron chi connectivity index (χ1n) is 7.13. The minimum absolute atomic E-state index is 0.00467. The van der Waals surface area contributed by atoms with E-state index < -0.39 is 11.8 Å². The number of hydrogen-bond acceptors (Lipinski definition) is 4. The summed E-state index contributed by atoms with van der Waals surface area (Å²) in [4.78, 5) is 15.5.